The van der Waals surface area contributed by atoms with E-state index in [1.54, 1.807) is 25.4 Å². The molecular formula is C25H26N4O3. The Morgan fingerprint density at radius 3 is 2.50 bits per heavy atom. The second kappa shape index (κ2) is 9.96. The number of benzene rings is 2. The lowest BCUT2D eigenvalue weighted by atomic mass is 10.1. The Balaban J connectivity index is 1.41. The van der Waals surface area contributed by atoms with Gasteiger partial charge >= 0.3 is 0 Å². The van der Waals surface area contributed by atoms with Crippen LogP contribution in [0.1, 0.15) is 39.1 Å². The monoisotopic (exact) mass is 430 g/mol. The number of anilines is 2. The number of hydrogen-bond acceptors (Lipinski definition) is 5. The average Bonchev–Trinajstić information content (AvgIpc) is 3.38. The van der Waals surface area contributed by atoms with Crippen LogP contribution in [-0.2, 0) is 6.54 Å². The van der Waals surface area contributed by atoms with Crippen LogP contribution in [0.2, 0.25) is 0 Å². The molecule has 2 aromatic carbocycles. The molecule has 0 unspecified atom stereocenters. The Kier molecular flexibility index (Phi) is 6.65. The van der Waals surface area contributed by atoms with Gasteiger partial charge in [-0.2, -0.15) is 0 Å². The third kappa shape index (κ3) is 4.88. The van der Waals surface area contributed by atoms with Crippen LogP contribution in [0.4, 0.5) is 11.5 Å². The molecule has 3 aromatic rings. The Morgan fingerprint density at radius 1 is 1.00 bits per heavy atom. The molecule has 1 fully saturated rings. The number of pyridine rings is 1. The third-order valence-corrected chi connectivity index (χ3v) is 5.46. The van der Waals surface area contributed by atoms with Crippen molar-refractivity contribution in [3.63, 3.8) is 0 Å². The predicted molar refractivity (Wildman–Crippen MR) is 123 cm³/mol. The summed E-state index contributed by atoms with van der Waals surface area (Å²) in [5, 5.41) is 6.11. The van der Waals surface area contributed by atoms with Crippen molar-refractivity contribution in [1.82, 2.24) is 15.2 Å². The van der Waals surface area contributed by atoms with E-state index in [0.717, 1.165) is 37.2 Å². The van der Waals surface area contributed by atoms with E-state index in [-0.39, 0.29) is 11.8 Å². The highest BCUT2D eigenvalue weighted by Crippen LogP contribution is 2.27. The van der Waals surface area contributed by atoms with E-state index in [0.29, 0.717) is 29.2 Å². The summed E-state index contributed by atoms with van der Waals surface area (Å²) in [4.78, 5) is 31.5. The average molecular weight is 431 g/mol. The summed E-state index contributed by atoms with van der Waals surface area (Å²) in [6.07, 6.45) is 3.76. The molecule has 0 spiro atoms. The number of carbonyl (C=O) groups excluding carboxylic acids is 2. The molecule has 2 amide bonds. The van der Waals surface area contributed by atoms with Crippen LogP contribution in [0.3, 0.4) is 0 Å². The quantitative estimate of drug-likeness (QED) is 0.592. The van der Waals surface area contributed by atoms with Crippen LogP contribution in [0.15, 0.2) is 66.9 Å². The van der Waals surface area contributed by atoms with Crippen molar-refractivity contribution < 1.29 is 14.3 Å². The molecule has 1 aliphatic rings. The van der Waals surface area contributed by atoms with Crippen molar-refractivity contribution in [1.29, 1.82) is 0 Å². The van der Waals surface area contributed by atoms with Crippen molar-refractivity contribution >= 4 is 23.3 Å². The van der Waals surface area contributed by atoms with Gasteiger partial charge in [0, 0.05) is 31.4 Å². The standard InChI is InChI=1S/C25H26N4O3/c1-32-22-9-3-2-8-21(22)28-23-20(7-6-14-26-23)24(30)27-17-18-10-12-19(13-11-18)25(31)29-15-4-5-16-29/h2-3,6-14H,4-5,15-17H2,1H3,(H,26,28)(H,27,30). The van der Waals surface area contributed by atoms with Gasteiger partial charge in [0.15, 0.2) is 0 Å². The summed E-state index contributed by atoms with van der Waals surface area (Å²) < 4.78 is 5.36. The number of nitrogens with one attached hydrogen (secondary N) is 2. The molecule has 0 radical (unpaired) electrons. The van der Waals surface area contributed by atoms with Gasteiger partial charge in [0.2, 0.25) is 0 Å². The molecule has 0 bridgehead atoms. The summed E-state index contributed by atoms with van der Waals surface area (Å²) in [6.45, 7) is 2.00. The lowest BCUT2D eigenvalue weighted by Crippen LogP contribution is -2.27. The van der Waals surface area contributed by atoms with Crippen molar-refractivity contribution in [2.75, 3.05) is 25.5 Å². The Hall–Kier alpha value is -3.87. The van der Waals surface area contributed by atoms with Gasteiger partial charge in [-0.05, 0) is 54.8 Å². The molecule has 7 nitrogen and oxygen atoms in total. The van der Waals surface area contributed by atoms with Crippen LogP contribution in [-0.4, -0.2) is 41.9 Å². The van der Waals surface area contributed by atoms with Gasteiger partial charge in [-0.15, -0.1) is 0 Å². The molecule has 4 rings (SSSR count). The molecule has 32 heavy (non-hydrogen) atoms. The summed E-state index contributed by atoms with van der Waals surface area (Å²) in [7, 11) is 1.59. The first kappa shape index (κ1) is 21.4. The Morgan fingerprint density at radius 2 is 1.75 bits per heavy atom. The van der Waals surface area contributed by atoms with Crippen molar-refractivity contribution in [2.45, 2.75) is 19.4 Å². The van der Waals surface area contributed by atoms with Crippen LogP contribution in [0.25, 0.3) is 0 Å². The summed E-state index contributed by atoms with van der Waals surface area (Å²) in [5.74, 6) is 0.933. The fourth-order valence-electron chi connectivity index (χ4n) is 3.71. The van der Waals surface area contributed by atoms with Crippen LogP contribution >= 0.6 is 0 Å². The molecule has 0 saturated carbocycles. The predicted octanol–water partition coefficient (Wildman–Crippen LogP) is 4.00. The second-order valence-electron chi connectivity index (χ2n) is 7.60. The Bertz CT molecular complexity index is 1090. The summed E-state index contributed by atoms with van der Waals surface area (Å²) in [6, 6.07) is 18.3. The number of amides is 2. The smallest absolute Gasteiger partial charge is 0.255 e. The van der Waals surface area contributed by atoms with E-state index < -0.39 is 0 Å². The van der Waals surface area contributed by atoms with Gasteiger partial charge in [0.25, 0.3) is 11.8 Å². The first-order valence-electron chi connectivity index (χ1n) is 10.7. The largest absolute Gasteiger partial charge is 0.495 e. The molecule has 0 atom stereocenters. The lowest BCUT2D eigenvalue weighted by molar-refractivity contribution is 0.0792. The van der Waals surface area contributed by atoms with E-state index >= 15 is 0 Å². The first-order valence-corrected chi connectivity index (χ1v) is 10.7. The highest BCUT2D eigenvalue weighted by Gasteiger charge is 2.19. The minimum absolute atomic E-state index is 0.0699. The number of aromatic nitrogens is 1. The van der Waals surface area contributed by atoms with E-state index in [9.17, 15) is 9.59 Å². The van der Waals surface area contributed by atoms with Crippen molar-refractivity contribution in [3.8, 4) is 5.75 Å². The topological polar surface area (TPSA) is 83.6 Å². The minimum atomic E-state index is -0.243. The molecule has 164 valence electrons. The molecule has 1 saturated heterocycles. The molecule has 2 heterocycles. The van der Waals surface area contributed by atoms with E-state index in [2.05, 4.69) is 15.6 Å². The zero-order valence-electron chi connectivity index (χ0n) is 18.0. The Labute approximate surface area is 187 Å². The number of rotatable bonds is 7. The number of carbonyl (C=O) groups is 2. The van der Waals surface area contributed by atoms with Crippen LogP contribution in [0.5, 0.6) is 5.75 Å². The van der Waals surface area contributed by atoms with Gasteiger partial charge in [-0.25, -0.2) is 4.98 Å². The van der Waals surface area contributed by atoms with Gasteiger partial charge in [0.1, 0.15) is 11.6 Å². The fourth-order valence-corrected chi connectivity index (χ4v) is 3.71. The first-order chi connectivity index (χ1) is 15.7. The highest BCUT2D eigenvalue weighted by molar-refractivity contribution is 5.99. The van der Waals surface area contributed by atoms with Crippen molar-refractivity contribution in [2.24, 2.45) is 0 Å². The number of hydrogen-bond donors (Lipinski definition) is 2. The third-order valence-electron chi connectivity index (χ3n) is 5.46. The van der Waals surface area contributed by atoms with Crippen LogP contribution < -0.4 is 15.4 Å². The number of para-hydroxylation sites is 2. The molecule has 1 aliphatic heterocycles. The summed E-state index contributed by atoms with van der Waals surface area (Å²) >= 11 is 0. The maximum Gasteiger partial charge on any atom is 0.255 e. The second-order valence-corrected chi connectivity index (χ2v) is 7.60. The minimum Gasteiger partial charge on any atom is -0.495 e. The number of likely N-dealkylation sites (tertiary alicyclic amines) is 1. The van der Waals surface area contributed by atoms with Crippen LogP contribution in [0, 0.1) is 0 Å². The number of nitrogens with zero attached hydrogens (tertiary/aromatic N) is 2. The van der Waals surface area contributed by atoms with Gasteiger partial charge in [-0.1, -0.05) is 24.3 Å². The van der Waals surface area contributed by atoms with E-state index in [1.807, 2.05) is 53.4 Å². The lowest BCUT2D eigenvalue weighted by Gasteiger charge is -2.15. The fraction of sp³-hybridized carbons (Fsp3) is 0.240. The normalized spacial score (nSPS) is 13.0. The zero-order chi connectivity index (χ0) is 22.3. The van der Waals surface area contributed by atoms with Crippen molar-refractivity contribution in [3.05, 3.63) is 83.6 Å². The maximum atomic E-state index is 12.8. The highest BCUT2D eigenvalue weighted by atomic mass is 16.5. The van der Waals surface area contributed by atoms with Gasteiger partial charge < -0.3 is 20.3 Å². The number of methoxy groups -OCH3 is 1. The SMILES string of the molecule is COc1ccccc1Nc1ncccc1C(=O)NCc1ccc(C(=O)N2CCCC2)cc1. The molecule has 0 aliphatic carbocycles. The molecule has 7 heteroatoms. The number of ether oxygens (including phenoxy) is 1. The van der Waals surface area contributed by atoms with Gasteiger partial charge in [0.05, 0.1) is 18.4 Å². The van der Waals surface area contributed by atoms with E-state index in [1.165, 1.54) is 0 Å². The molecular weight excluding hydrogens is 404 g/mol. The van der Waals surface area contributed by atoms with E-state index in [4.69, 9.17) is 4.74 Å². The summed E-state index contributed by atoms with van der Waals surface area (Å²) in [5.41, 5.74) is 2.75. The maximum absolute atomic E-state index is 12.8. The van der Waals surface area contributed by atoms with Gasteiger partial charge in [-0.3, -0.25) is 9.59 Å². The molecule has 1 aromatic heterocycles. The zero-order valence-corrected chi connectivity index (χ0v) is 18.0. The molecule has 2 N–H and O–H groups in total.